The Kier molecular flexibility index (Phi) is 2.62. The lowest BCUT2D eigenvalue weighted by Crippen LogP contribution is -2.04. The van der Waals surface area contributed by atoms with Crippen molar-refractivity contribution in [1.29, 1.82) is 0 Å². The first kappa shape index (κ1) is 8.23. The Morgan fingerprint density at radius 2 is 2.55 bits per heavy atom. The van der Waals surface area contributed by atoms with Gasteiger partial charge in [-0.25, -0.2) is 5.90 Å². The first-order valence-corrected chi connectivity index (χ1v) is 3.65. The molecule has 4 heteroatoms. The Bertz CT molecular complexity index is 221. The lowest BCUT2D eigenvalue weighted by Gasteiger charge is -2.03. The van der Waals surface area contributed by atoms with Gasteiger partial charge in [0.2, 0.25) is 0 Å². The van der Waals surface area contributed by atoms with Crippen molar-refractivity contribution in [3.8, 4) is 0 Å². The maximum Gasteiger partial charge on any atom is 0.104 e. The number of aryl methyl sites for hydroxylation is 1. The molecule has 0 saturated carbocycles. The standard InChI is InChI=1S/C7H13N3O/c1-3-10-5-7(4-9-10)6(2)11-8/h4-6H,3,8H2,1-2H3. The number of hydrogen-bond donors (Lipinski definition) is 1. The summed E-state index contributed by atoms with van der Waals surface area (Å²) in [5.41, 5.74) is 1.01. The van der Waals surface area contributed by atoms with Crippen molar-refractivity contribution >= 4 is 0 Å². The van der Waals surface area contributed by atoms with Crippen molar-refractivity contribution in [2.24, 2.45) is 5.90 Å². The fraction of sp³-hybridized carbons (Fsp3) is 0.571. The summed E-state index contributed by atoms with van der Waals surface area (Å²) in [5.74, 6) is 5.02. The Morgan fingerprint density at radius 3 is 3.00 bits per heavy atom. The molecule has 0 spiro atoms. The van der Waals surface area contributed by atoms with Crippen LogP contribution in [0.3, 0.4) is 0 Å². The quantitative estimate of drug-likeness (QED) is 0.658. The molecule has 1 unspecified atom stereocenters. The molecule has 0 aliphatic heterocycles. The van der Waals surface area contributed by atoms with Crippen LogP contribution in [0, 0.1) is 0 Å². The SMILES string of the molecule is CCn1cc(C(C)ON)cn1. The first-order valence-electron chi connectivity index (χ1n) is 3.65. The van der Waals surface area contributed by atoms with Crippen molar-refractivity contribution in [3.05, 3.63) is 18.0 Å². The Hall–Kier alpha value is -0.870. The third-order valence-electron chi connectivity index (χ3n) is 1.65. The third-order valence-corrected chi connectivity index (χ3v) is 1.65. The molecule has 0 radical (unpaired) electrons. The second kappa shape index (κ2) is 3.50. The van der Waals surface area contributed by atoms with Crippen molar-refractivity contribution in [1.82, 2.24) is 9.78 Å². The maximum atomic E-state index is 5.02. The Balaban J connectivity index is 2.71. The summed E-state index contributed by atoms with van der Waals surface area (Å²) in [5, 5.41) is 4.08. The molecule has 0 aromatic carbocycles. The van der Waals surface area contributed by atoms with E-state index in [1.165, 1.54) is 0 Å². The number of aromatic nitrogens is 2. The van der Waals surface area contributed by atoms with E-state index in [0.29, 0.717) is 0 Å². The molecule has 0 aliphatic carbocycles. The van der Waals surface area contributed by atoms with Crippen LogP contribution in [0.5, 0.6) is 0 Å². The van der Waals surface area contributed by atoms with Crippen LogP contribution in [0.2, 0.25) is 0 Å². The van der Waals surface area contributed by atoms with E-state index in [4.69, 9.17) is 5.90 Å². The minimum Gasteiger partial charge on any atom is -0.297 e. The van der Waals surface area contributed by atoms with E-state index in [9.17, 15) is 0 Å². The molecule has 0 saturated heterocycles. The van der Waals surface area contributed by atoms with Gasteiger partial charge in [0.05, 0.1) is 6.20 Å². The smallest absolute Gasteiger partial charge is 0.104 e. The highest BCUT2D eigenvalue weighted by molar-refractivity contribution is 5.06. The molecular formula is C7H13N3O. The van der Waals surface area contributed by atoms with Gasteiger partial charge in [-0.05, 0) is 13.8 Å². The first-order chi connectivity index (χ1) is 5.27. The fourth-order valence-corrected chi connectivity index (χ4v) is 0.841. The van der Waals surface area contributed by atoms with Crippen molar-refractivity contribution in [2.45, 2.75) is 26.5 Å². The molecule has 1 atom stereocenters. The molecule has 0 aliphatic rings. The highest BCUT2D eigenvalue weighted by atomic mass is 16.6. The van der Waals surface area contributed by atoms with Gasteiger partial charge in [-0.15, -0.1) is 0 Å². The molecule has 62 valence electrons. The molecule has 4 nitrogen and oxygen atoms in total. The number of nitrogens with two attached hydrogens (primary N) is 1. The summed E-state index contributed by atoms with van der Waals surface area (Å²) in [6.45, 7) is 4.79. The van der Waals surface area contributed by atoms with Gasteiger partial charge in [-0.2, -0.15) is 5.10 Å². The zero-order chi connectivity index (χ0) is 8.27. The van der Waals surface area contributed by atoms with Crippen LogP contribution in [-0.2, 0) is 11.4 Å². The number of hydrogen-bond acceptors (Lipinski definition) is 3. The summed E-state index contributed by atoms with van der Waals surface area (Å²) < 4.78 is 1.84. The van der Waals surface area contributed by atoms with E-state index in [1.54, 1.807) is 6.20 Å². The predicted octanol–water partition coefficient (Wildman–Crippen LogP) is 0.854. The van der Waals surface area contributed by atoms with E-state index in [-0.39, 0.29) is 6.10 Å². The monoisotopic (exact) mass is 155 g/mol. The van der Waals surface area contributed by atoms with Crippen LogP contribution in [0.15, 0.2) is 12.4 Å². The van der Waals surface area contributed by atoms with Crippen LogP contribution in [0.1, 0.15) is 25.5 Å². The van der Waals surface area contributed by atoms with E-state index < -0.39 is 0 Å². The van der Waals surface area contributed by atoms with Gasteiger partial charge in [-0.1, -0.05) is 0 Å². The van der Waals surface area contributed by atoms with E-state index in [0.717, 1.165) is 12.1 Å². The summed E-state index contributed by atoms with van der Waals surface area (Å²) in [7, 11) is 0. The zero-order valence-electron chi connectivity index (χ0n) is 6.82. The summed E-state index contributed by atoms with van der Waals surface area (Å²) in [6.07, 6.45) is 3.62. The van der Waals surface area contributed by atoms with E-state index in [1.807, 2.05) is 24.7 Å². The van der Waals surface area contributed by atoms with Gasteiger partial charge in [0, 0.05) is 18.3 Å². The Labute approximate surface area is 65.9 Å². The van der Waals surface area contributed by atoms with Gasteiger partial charge in [0.15, 0.2) is 0 Å². The Morgan fingerprint density at radius 1 is 1.82 bits per heavy atom. The van der Waals surface area contributed by atoms with Crippen molar-refractivity contribution in [2.75, 3.05) is 0 Å². The average molecular weight is 155 g/mol. The molecule has 1 rings (SSSR count). The van der Waals surface area contributed by atoms with Crippen LogP contribution in [-0.4, -0.2) is 9.78 Å². The third kappa shape index (κ3) is 1.78. The van der Waals surface area contributed by atoms with Crippen molar-refractivity contribution < 1.29 is 4.84 Å². The van der Waals surface area contributed by atoms with Crippen LogP contribution < -0.4 is 5.90 Å². The topological polar surface area (TPSA) is 53.1 Å². The lowest BCUT2D eigenvalue weighted by atomic mass is 10.2. The van der Waals surface area contributed by atoms with Gasteiger partial charge in [0.25, 0.3) is 0 Å². The number of rotatable bonds is 3. The van der Waals surface area contributed by atoms with Crippen LogP contribution in [0.4, 0.5) is 0 Å². The van der Waals surface area contributed by atoms with Gasteiger partial charge in [-0.3, -0.25) is 9.52 Å². The second-order valence-electron chi connectivity index (χ2n) is 2.41. The highest BCUT2D eigenvalue weighted by Crippen LogP contribution is 2.12. The molecular weight excluding hydrogens is 142 g/mol. The summed E-state index contributed by atoms with van der Waals surface area (Å²) in [6, 6.07) is 0. The van der Waals surface area contributed by atoms with Crippen LogP contribution in [0.25, 0.3) is 0 Å². The minimum atomic E-state index is -0.0738. The number of nitrogens with zero attached hydrogens (tertiary/aromatic N) is 2. The molecule has 0 amide bonds. The van der Waals surface area contributed by atoms with Gasteiger partial charge < -0.3 is 0 Å². The molecule has 1 heterocycles. The molecule has 1 aromatic heterocycles. The maximum absolute atomic E-state index is 5.02. The molecule has 1 aromatic rings. The molecule has 0 bridgehead atoms. The summed E-state index contributed by atoms with van der Waals surface area (Å²) in [4.78, 5) is 4.64. The summed E-state index contributed by atoms with van der Waals surface area (Å²) >= 11 is 0. The van der Waals surface area contributed by atoms with E-state index in [2.05, 4.69) is 9.94 Å². The predicted molar refractivity (Wildman–Crippen MR) is 41.6 cm³/mol. The van der Waals surface area contributed by atoms with Crippen LogP contribution >= 0.6 is 0 Å². The lowest BCUT2D eigenvalue weighted by molar-refractivity contribution is 0.0663. The normalized spacial score (nSPS) is 13.4. The molecule has 0 fully saturated rings. The zero-order valence-corrected chi connectivity index (χ0v) is 6.82. The molecule has 2 N–H and O–H groups in total. The largest absolute Gasteiger partial charge is 0.297 e. The molecule has 11 heavy (non-hydrogen) atoms. The van der Waals surface area contributed by atoms with Crippen molar-refractivity contribution in [3.63, 3.8) is 0 Å². The van der Waals surface area contributed by atoms with Gasteiger partial charge >= 0.3 is 0 Å². The van der Waals surface area contributed by atoms with Gasteiger partial charge in [0.1, 0.15) is 6.10 Å². The highest BCUT2D eigenvalue weighted by Gasteiger charge is 2.05. The second-order valence-corrected chi connectivity index (χ2v) is 2.41. The average Bonchev–Trinajstić information content (AvgIpc) is 2.50. The fourth-order valence-electron chi connectivity index (χ4n) is 0.841. The minimum absolute atomic E-state index is 0.0738. The van der Waals surface area contributed by atoms with E-state index >= 15 is 0 Å².